The Morgan fingerprint density at radius 3 is 3.15 bits per heavy atom. The predicted octanol–water partition coefficient (Wildman–Crippen LogP) is 4.98. The Balaban J connectivity index is 1.33. The fourth-order valence-electron chi connectivity index (χ4n) is 2.85. The van der Waals surface area contributed by atoms with Gasteiger partial charge >= 0.3 is 0 Å². The normalized spacial score (nSPS) is 13.5. The lowest BCUT2D eigenvalue weighted by molar-refractivity contribution is -0.129. The van der Waals surface area contributed by atoms with E-state index in [2.05, 4.69) is 27.0 Å². The summed E-state index contributed by atoms with van der Waals surface area (Å²) in [5.41, 5.74) is 3.16. The molecule has 0 atom stereocenters. The molecule has 5 nitrogen and oxygen atoms in total. The van der Waals surface area contributed by atoms with Crippen molar-refractivity contribution in [2.24, 2.45) is 0 Å². The number of thioether (sulfide) groups is 1. The lowest BCUT2D eigenvalue weighted by Crippen LogP contribution is -2.36. The van der Waals surface area contributed by atoms with Gasteiger partial charge in [-0.2, -0.15) is 0 Å². The third kappa shape index (κ3) is 4.29. The van der Waals surface area contributed by atoms with Crippen molar-refractivity contribution in [1.82, 2.24) is 15.1 Å². The molecule has 0 radical (unpaired) electrons. The molecule has 1 aromatic carbocycles. The van der Waals surface area contributed by atoms with Gasteiger partial charge < -0.3 is 10.2 Å². The van der Waals surface area contributed by atoms with Crippen LogP contribution in [0.3, 0.4) is 0 Å². The summed E-state index contributed by atoms with van der Waals surface area (Å²) in [5, 5.41) is 15.1. The van der Waals surface area contributed by atoms with Crippen LogP contribution in [0.4, 0.5) is 10.8 Å². The second-order valence-electron chi connectivity index (χ2n) is 6.13. The minimum absolute atomic E-state index is 0.146. The number of fused-ring (bicyclic) bond motifs is 1. The van der Waals surface area contributed by atoms with E-state index in [0.29, 0.717) is 15.9 Å². The Bertz CT molecular complexity index is 971. The van der Waals surface area contributed by atoms with Gasteiger partial charge in [-0.3, -0.25) is 4.79 Å². The number of carbonyl (C=O) groups excluding carboxylic acids is 1. The summed E-state index contributed by atoms with van der Waals surface area (Å²) >= 11 is 10.8. The number of halogens is 1. The Kier molecular flexibility index (Phi) is 5.68. The molecule has 1 amide bonds. The van der Waals surface area contributed by atoms with Crippen LogP contribution < -0.4 is 5.32 Å². The molecule has 3 heterocycles. The van der Waals surface area contributed by atoms with Gasteiger partial charge in [0.05, 0.1) is 5.75 Å². The second kappa shape index (κ2) is 8.18. The Morgan fingerprint density at radius 1 is 1.37 bits per heavy atom. The minimum atomic E-state index is 0.146. The first-order valence-corrected chi connectivity index (χ1v) is 11.5. The smallest absolute Gasteiger partial charge is 0.233 e. The van der Waals surface area contributed by atoms with E-state index < -0.39 is 0 Å². The highest BCUT2D eigenvalue weighted by Gasteiger charge is 2.21. The number of amides is 1. The molecular weight excluding hydrogens is 420 g/mol. The van der Waals surface area contributed by atoms with Gasteiger partial charge in [-0.15, -0.1) is 21.5 Å². The molecule has 1 N–H and O–H groups in total. The van der Waals surface area contributed by atoms with Crippen LogP contribution in [0.5, 0.6) is 0 Å². The molecule has 9 heteroatoms. The van der Waals surface area contributed by atoms with Crippen LogP contribution in [0.25, 0.3) is 0 Å². The van der Waals surface area contributed by atoms with Gasteiger partial charge in [-0.25, -0.2) is 0 Å². The molecule has 0 saturated heterocycles. The molecule has 1 aliphatic heterocycles. The van der Waals surface area contributed by atoms with E-state index in [1.807, 2.05) is 30.0 Å². The number of thiophene rings is 1. The molecule has 3 aromatic rings. The van der Waals surface area contributed by atoms with Crippen LogP contribution in [-0.4, -0.2) is 33.3 Å². The van der Waals surface area contributed by atoms with Crippen molar-refractivity contribution in [3.63, 3.8) is 0 Å². The van der Waals surface area contributed by atoms with Crippen molar-refractivity contribution in [1.29, 1.82) is 0 Å². The van der Waals surface area contributed by atoms with E-state index in [9.17, 15) is 4.79 Å². The third-order valence-corrected chi connectivity index (χ3v) is 7.78. The lowest BCUT2D eigenvalue weighted by atomic mass is 10.1. The quantitative estimate of drug-likeness (QED) is 0.571. The van der Waals surface area contributed by atoms with Crippen LogP contribution in [0.1, 0.15) is 16.0 Å². The Labute approximate surface area is 174 Å². The van der Waals surface area contributed by atoms with Gasteiger partial charge in [-0.1, -0.05) is 40.8 Å². The maximum atomic E-state index is 12.5. The van der Waals surface area contributed by atoms with Crippen LogP contribution >= 0.6 is 46.0 Å². The topological polar surface area (TPSA) is 58.1 Å². The van der Waals surface area contributed by atoms with Gasteiger partial charge in [0.2, 0.25) is 11.0 Å². The molecule has 0 unspecified atom stereocenters. The lowest BCUT2D eigenvalue weighted by Gasteiger charge is -2.26. The highest BCUT2D eigenvalue weighted by molar-refractivity contribution is 8.01. The molecular formula is C18H17ClN4OS3. The SMILES string of the molecule is Cc1c(Cl)cccc1Nc1nnc(SCC(=O)N2CCc3sccc3C2)s1. The summed E-state index contributed by atoms with van der Waals surface area (Å²) in [7, 11) is 0. The molecule has 2 aromatic heterocycles. The number of rotatable bonds is 5. The van der Waals surface area contributed by atoms with E-state index in [4.69, 9.17) is 11.6 Å². The zero-order chi connectivity index (χ0) is 18.8. The number of anilines is 2. The summed E-state index contributed by atoms with van der Waals surface area (Å²) in [5.74, 6) is 0.525. The molecule has 27 heavy (non-hydrogen) atoms. The van der Waals surface area contributed by atoms with Crippen molar-refractivity contribution < 1.29 is 4.79 Å². The van der Waals surface area contributed by atoms with Crippen molar-refractivity contribution >= 4 is 62.8 Å². The molecule has 0 spiro atoms. The van der Waals surface area contributed by atoms with Crippen molar-refractivity contribution in [2.45, 2.75) is 24.2 Å². The standard InChI is InChI=1S/C18H17ClN4OS3/c1-11-13(19)3-2-4-14(11)20-17-21-22-18(27-17)26-10-16(24)23-7-5-15-12(9-23)6-8-25-15/h2-4,6,8H,5,7,9-10H2,1H3,(H,20,21). The highest BCUT2D eigenvalue weighted by atomic mass is 35.5. The van der Waals surface area contributed by atoms with Crippen LogP contribution in [-0.2, 0) is 17.8 Å². The zero-order valence-corrected chi connectivity index (χ0v) is 17.8. The predicted molar refractivity (Wildman–Crippen MR) is 114 cm³/mol. The number of nitrogens with zero attached hydrogens (tertiary/aromatic N) is 3. The number of nitrogens with one attached hydrogen (secondary N) is 1. The third-order valence-electron chi connectivity index (χ3n) is 4.40. The van der Waals surface area contributed by atoms with Crippen LogP contribution in [0, 0.1) is 6.92 Å². The first-order valence-electron chi connectivity index (χ1n) is 8.41. The van der Waals surface area contributed by atoms with Crippen LogP contribution in [0.2, 0.25) is 5.02 Å². The largest absolute Gasteiger partial charge is 0.337 e. The van der Waals surface area contributed by atoms with Crippen molar-refractivity contribution in [3.05, 3.63) is 50.7 Å². The number of benzene rings is 1. The first kappa shape index (κ1) is 18.7. The average Bonchev–Trinajstić information content (AvgIpc) is 3.32. The summed E-state index contributed by atoms with van der Waals surface area (Å²) in [6.45, 7) is 3.47. The first-order chi connectivity index (χ1) is 13.1. The average molecular weight is 437 g/mol. The fraction of sp³-hybridized carbons (Fsp3) is 0.278. The Hall–Kier alpha value is -1.61. The second-order valence-corrected chi connectivity index (χ2v) is 9.74. The van der Waals surface area contributed by atoms with E-state index in [1.54, 1.807) is 11.3 Å². The summed E-state index contributed by atoms with van der Waals surface area (Å²) in [6.07, 6.45) is 0.954. The van der Waals surface area contributed by atoms with Gasteiger partial charge in [0.15, 0.2) is 4.34 Å². The van der Waals surface area contributed by atoms with Gasteiger partial charge in [0.1, 0.15) is 0 Å². The van der Waals surface area contributed by atoms with E-state index in [0.717, 1.165) is 35.1 Å². The van der Waals surface area contributed by atoms with Crippen LogP contribution in [0.15, 0.2) is 34.0 Å². The van der Waals surface area contributed by atoms with Gasteiger partial charge in [0.25, 0.3) is 0 Å². The zero-order valence-electron chi connectivity index (χ0n) is 14.6. The van der Waals surface area contributed by atoms with Crippen molar-refractivity contribution in [3.8, 4) is 0 Å². The summed E-state index contributed by atoms with van der Waals surface area (Å²) < 4.78 is 0.777. The Morgan fingerprint density at radius 2 is 2.26 bits per heavy atom. The number of hydrogen-bond acceptors (Lipinski definition) is 7. The summed E-state index contributed by atoms with van der Waals surface area (Å²) in [4.78, 5) is 15.9. The molecule has 1 aliphatic rings. The number of aromatic nitrogens is 2. The van der Waals surface area contributed by atoms with E-state index in [1.165, 1.54) is 33.5 Å². The minimum Gasteiger partial charge on any atom is -0.337 e. The van der Waals surface area contributed by atoms with Gasteiger partial charge in [-0.05, 0) is 48.1 Å². The monoisotopic (exact) mass is 436 g/mol. The highest BCUT2D eigenvalue weighted by Crippen LogP contribution is 2.31. The molecule has 140 valence electrons. The van der Waals surface area contributed by atoms with Gasteiger partial charge in [0, 0.05) is 28.7 Å². The number of hydrogen-bond donors (Lipinski definition) is 1. The van der Waals surface area contributed by atoms with E-state index in [-0.39, 0.29) is 5.91 Å². The molecule has 4 rings (SSSR count). The van der Waals surface area contributed by atoms with Crippen molar-refractivity contribution in [2.75, 3.05) is 17.6 Å². The van der Waals surface area contributed by atoms with E-state index >= 15 is 0 Å². The maximum Gasteiger partial charge on any atom is 0.233 e. The molecule has 0 bridgehead atoms. The maximum absolute atomic E-state index is 12.5. The fourth-order valence-corrected chi connectivity index (χ4v) is 5.58. The molecule has 0 fully saturated rings. The summed E-state index contributed by atoms with van der Waals surface area (Å²) in [6, 6.07) is 7.82. The number of carbonyl (C=O) groups is 1. The molecule has 0 saturated carbocycles. The molecule has 0 aliphatic carbocycles.